The number of rotatable bonds is 13. The van der Waals surface area contributed by atoms with E-state index in [2.05, 4.69) is 25.6 Å². The van der Waals surface area contributed by atoms with Gasteiger partial charge in [0.15, 0.2) is 11.6 Å². The molecule has 12 nitrogen and oxygen atoms in total. The zero-order chi connectivity index (χ0) is 33.5. The van der Waals surface area contributed by atoms with E-state index in [1.54, 1.807) is 56.0 Å². The third-order valence-electron chi connectivity index (χ3n) is 7.41. The molecule has 3 N–H and O–H groups in total. The summed E-state index contributed by atoms with van der Waals surface area (Å²) < 4.78 is 48.0. The van der Waals surface area contributed by atoms with Gasteiger partial charge in [0.25, 0.3) is 16.0 Å². The number of furan rings is 1. The van der Waals surface area contributed by atoms with Gasteiger partial charge in [-0.3, -0.25) is 9.35 Å². The summed E-state index contributed by atoms with van der Waals surface area (Å²) in [4.78, 5) is 25.7. The summed E-state index contributed by atoms with van der Waals surface area (Å²) >= 11 is 0. The molecule has 0 spiro atoms. The third kappa shape index (κ3) is 8.13. The van der Waals surface area contributed by atoms with Crippen LogP contribution in [0.5, 0.6) is 11.6 Å². The average molecular weight is 666 g/mol. The van der Waals surface area contributed by atoms with Crippen molar-refractivity contribution in [3.05, 3.63) is 121 Å². The summed E-state index contributed by atoms with van der Waals surface area (Å²) in [6.07, 6.45) is 4.93. The van der Waals surface area contributed by atoms with Crippen LogP contribution in [0.2, 0.25) is 0 Å². The first-order valence-corrected chi connectivity index (χ1v) is 16.5. The molecule has 3 aromatic carbocycles. The minimum atomic E-state index is -4.17. The average Bonchev–Trinajstić information content (AvgIpc) is 3.55. The topological polar surface area (TPSA) is 166 Å². The molecule has 0 fully saturated rings. The van der Waals surface area contributed by atoms with Gasteiger partial charge < -0.3 is 24.5 Å². The van der Waals surface area contributed by atoms with Crippen LogP contribution in [0.15, 0.2) is 114 Å². The number of benzene rings is 3. The number of nitrogens with one attached hydrogen (secondary N) is 2. The molecule has 3 aromatic heterocycles. The maximum absolute atomic E-state index is 12.4. The van der Waals surface area contributed by atoms with E-state index in [1.807, 2.05) is 60.7 Å². The molecule has 48 heavy (non-hydrogen) atoms. The number of hydrogen-bond acceptors (Lipinski definition) is 10. The van der Waals surface area contributed by atoms with Crippen LogP contribution in [0.4, 0.5) is 5.69 Å². The van der Waals surface area contributed by atoms with Gasteiger partial charge in [0, 0.05) is 46.6 Å². The van der Waals surface area contributed by atoms with Gasteiger partial charge in [-0.15, -0.1) is 0 Å². The number of aromatic nitrogens is 3. The number of ether oxygens (including phenoxy) is 2. The van der Waals surface area contributed by atoms with E-state index in [9.17, 15) is 13.2 Å². The van der Waals surface area contributed by atoms with Crippen LogP contribution in [0, 0.1) is 0 Å². The summed E-state index contributed by atoms with van der Waals surface area (Å²) in [5.74, 6) is 1.24. The first-order valence-electron chi connectivity index (χ1n) is 14.9. The predicted molar refractivity (Wildman–Crippen MR) is 181 cm³/mol. The van der Waals surface area contributed by atoms with Gasteiger partial charge in [-0.25, -0.2) is 15.0 Å². The van der Waals surface area contributed by atoms with Gasteiger partial charge >= 0.3 is 0 Å². The van der Waals surface area contributed by atoms with Crippen molar-refractivity contribution in [1.29, 1.82) is 0 Å². The Morgan fingerprint density at radius 3 is 2.29 bits per heavy atom. The Balaban J connectivity index is 1.17. The Kier molecular flexibility index (Phi) is 9.60. The Morgan fingerprint density at radius 2 is 1.62 bits per heavy atom. The van der Waals surface area contributed by atoms with Crippen molar-refractivity contribution in [3.63, 3.8) is 0 Å². The highest BCUT2D eigenvalue weighted by Gasteiger charge is 2.16. The van der Waals surface area contributed by atoms with E-state index in [0.717, 1.165) is 27.7 Å². The largest absolute Gasteiger partial charge is 0.494 e. The highest BCUT2D eigenvalue weighted by Crippen LogP contribution is 2.29. The predicted octanol–water partition coefficient (Wildman–Crippen LogP) is 5.81. The summed E-state index contributed by atoms with van der Waals surface area (Å²) in [5, 5.41) is 6.95. The number of amides is 1. The lowest BCUT2D eigenvalue weighted by Gasteiger charge is -2.21. The van der Waals surface area contributed by atoms with Crippen LogP contribution in [-0.2, 0) is 10.1 Å². The summed E-state index contributed by atoms with van der Waals surface area (Å²) in [5.41, 5.74) is 4.42. The van der Waals surface area contributed by atoms with Gasteiger partial charge in [-0.05, 0) is 48.0 Å². The Hall–Kier alpha value is -5.79. The van der Waals surface area contributed by atoms with Gasteiger partial charge in [0.2, 0.25) is 5.88 Å². The second kappa shape index (κ2) is 14.3. The van der Waals surface area contributed by atoms with Crippen molar-refractivity contribution in [2.24, 2.45) is 0 Å². The van der Waals surface area contributed by atoms with Crippen LogP contribution in [-0.4, -0.2) is 59.8 Å². The van der Waals surface area contributed by atoms with E-state index in [1.165, 1.54) is 0 Å². The number of hydrogen-bond donors (Lipinski definition) is 3. The summed E-state index contributed by atoms with van der Waals surface area (Å²) in [6.45, 7) is 0.00910. The summed E-state index contributed by atoms with van der Waals surface area (Å²) in [7, 11) is -2.61. The molecule has 0 aliphatic rings. The number of methoxy groups -OCH3 is 1. The van der Waals surface area contributed by atoms with Gasteiger partial charge in [-0.1, -0.05) is 42.5 Å². The van der Waals surface area contributed by atoms with Crippen LogP contribution >= 0.6 is 0 Å². The fraction of sp³-hybridized carbons (Fsp3) is 0.143. The molecule has 0 radical (unpaired) electrons. The van der Waals surface area contributed by atoms with Crippen molar-refractivity contribution in [1.82, 2.24) is 20.3 Å². The second-order valence-corrected chi connectivity index (χ2v) is 12.3. The third-order valence-corrected chi connectivity index (χ3v) is 8.13. The second-order valence-electron chi connectivity index (χ2n) is 10.7. The van der Waals surface area contributed by atoms with Crippen LogP contribution in [0.25, 0.3) is 33.7 Å². The molecule has 244 valence electrons. The number of anilines is 1. The van der Waals surface area contributed by atoms with Crippen molar-refractivity contribution >= 4 is 32.7 Å². The van der Waals surface area contributed by atoms with E-state index < -0.39 is 21.8 Å². The SMILES string of the molecule is COc1cnc(-c2ccc(C(COc3ccc(-c4cc5ccccc5o4)cn3)Nc3ccc(C(=O)NCCS(=O)(=O)O)cc3)cc2)nc1. The molecule has 1 unspecified atom stereocenters. The van der Waals surface area contributed by atoms with Gasteiger partial charge in [0.1, 0.15) is 18.0 Å². The van der Waals surface area contributed by atoms with E-state index in [0.29, 0.717) is 34.5 Å². The highest BCUT2D eigenvalue weighted by molar-refractivity contribution is 7.85. The monoisotopic (exact) mass is 665 g/mol. The number of carbonyl (C=O) groups excluding carboxylic acids is 1. The minimum absolute atomic E-state index is 0.206. The molecule has 1 atom stereocenters. The van der Waals surface area contributed by atoms with Crippen molar-refractivity contribution in [2.75, 3.05) is 31.3 Å². The Morgan fingerprint density at radius 1 is 0.896 bits per heavy atom. The van der Waals surface area contributed by atoms with Gasteiger partial charge in [-0.2, -0.15) is 8.42 Å². The maximum atomic E-state index is 12.4. The van der Waals surface area contributed by atoms with E-state index >= 15 is 0 Å². The van der Waals surface area contributed by atoms with Gasteiger partial charge in [0.05, 0.1) is 31.3 Å². The lowest BCUT2D eigenvalue weighted by atomic mass is 10.0. The Bertz CT molecular complexity index is 2070. The molecule has 1 amide bonds. The first-order chi connectivity index (χ1) is 23.2. The Labute approximate surface area is 276 Å². The molecular formula is C35H31N5O7S. The number of nitrogens with zero attached hydrogens (tertiary/aromatic N) is 3. The fourth-order valence-electron chi connectivity index (χ4n) is 4.88. The smallest absolute Gasteiger partial charge is 0.266 e. The standard InChI is InChI=1S/C35H31N5O7S/c1-45-29-20-38-34(39-21-29)24-8-6-23(7-9-24)30(40-28-13-10-25(11-14-28)35(41)36-16-17-48(42,43)44)22-46-33-15-12-27(19-37-33)32-18-26-4-2-3-5-31(26)47-32/h2-15,18-21,30,40H,16-17,22H2,1H3,(H,36,41)(H,42,43,44). The molecule has 0 bridgehead atoms. The lowest BCUT2D eigenvalue weighted by molar-refractivity contribution is 0.0956. The molecule has 0 aliphatic heterocycles. The molecule has 0 saturated carbocycles. The molecule has 6 aromatic rings. The first kappa shape index (κ1) is 32.2. The normalized spacial score (nSPS) is 12.0. The number of carbonyl (C=O) groups is 1. The zero-order valence-corrected chi connectivity index (χ0v) is 26.6. The lowest BCUT2D eigenvalue weighted by Crippen LogP contribution is -2.28. The minimum Gasteiger partial charge on any atom is -0.494 e. The molecule has 0 saturated heterocycles. The maximum Gasteiger partial charge on any atom is 0.266 e. The quantitative estimate of drug-likeness (QED) is 0.127. The summed E-state index contributed by atoms with van der Waals surface area (Å²) in [6, 6.07) is 27.6. The molecule has 13 heteroatoms. The van der Waals surface area contributed by atoms with Crippen LogP contribution < -0.4 is 20.1 Å². The van der Waals surface area contributed by atoms with Crippen LogP contribution in [0.1, 0.15) is 22.0 Å². The molecule has 3 heterocycles. The number of pyridine rings is 1. The van der Waals surface area contributed by atoms with Crippen LogP contribution in [0.3, 0.4) is 0 Å². The van der Waals surface area contributed by atoms with Crippen molar-refractivity contribution in [2.45, 2.75) is 6.04 Å². The van der Waals surface area contributed by atoms with Crippen molar-refractivity contribution < 1.29 is 31.7 Å². The van der Waals surface area contributed by atoms with Crippen molar-refractivity contribution in [3.8, 4) is 34.3 Å². The highest BCUT2D eigenvalue weighted by atomic mass is 32.2. The number of para-hydroxylation sites is 1. The fourth-order valence-corrected chi connectivity index (χ4v) is 5.24. The molecule has 6 rings (SSSR count). The molecule has 0 aliphatic carbocycles. The molecular weight excluding hydrogens is 634 g/mol. The zero-order valence-electron chi connectivity index (χ0n) is 25.7. The van der Waals surface area contributed by atoms with E-state index in [-0.39, 0.29) is 19.2 Å². The van der Waals surface area contributed by atoms with E-state index in [4.69, 9.17) is 18.4 Å². The number of fused-ring (bicyclic) bond motifs is 1.